The maximum absolute atomic E-state index is 10.9. The fourth-order valence-corrected chi connectivity index (χ4v) is 4.18. The summed E-state index contributed by atoms with van der Waals surface area (Å²) in [7, 11) is 0. The van der Waals surface area contributed by atoms with Crippen LogP contribution in [-0.4, -0.2) is 17.8 Å². The zero-order chi connectivity index (χ0) is 9.71. The molecule has 3 rings (SSSR count). The van der Waals surface area contributed by atoms with Crippen LogP contribution in [0, 0.1) is 11.8 Å². The maximum atomic E-state index is 10.9. The molecule has 1 aliphatic heterocycles. The van der Waals surface area contributed by atoms with E-state index in [2.05, 4.69) is 6.08 Å². The van der Waals surface area contributed by atoms with Gasteiger partial charge in [0.2, 0.25) is 0 Å². The molecule has 2 nitrogen and oxygen atoms in total. The summed E-state index contributed by atoms with van der Waals surface area (Å²) in [4.78, 5) is 22.6. The van der Waals surface area contributed by atoms with Gasteiger partial charge >= 0.3 is 0 Å². The number of carbonyl (C=O) groups is 2. The third kappa shape index (κ3) is 0.883. The Bertz CT molecular complexity index is 381. The van der Waals surface area contributed by atoms with Gasteiger partial charge in [-0.2, -0.15) is 0 Å². The SMILES string of the molecule is O=CC1=C2C3=CC(CC3)C2C(C=O)S1. The molecule has 0 aromatic carbocycles. The Hall–Kier alpha value is -0.830. The lowest BCUT2D eigenvalue weighted by molar-refractivity contribution is -0.108. The molecule has 1 heterocycles. The van der Waals surface area contributed by atoms with E-state index in [9.17, 15) is 9.59 Å². The lowest BCUT2D eigenvalue weighted by Gasteiger charge is -2.23. The first kappa shape index (κ1) is 8.48. The average molecular weight is 206 g/mol. The minimum absolute atomic E-state index is 0.00995. The van der Waals surface area contributed by atoms with Crippen molar-refractivity contribution in [2.45, 2.75) is 18.1 Å². The van der Waals surface area contributed by atoms with E-state index in [1.54, 1.807) is 0 Å². The van der Waals surface area contributed by atoms with Crippen molar-refractivity contribution >= 4 is 24.3 Å². The molecule has 0 radical (unpaired) electrons. The number of hydrogen-bond donors (Lipinski definition) is 0. The lowest BCUT2D eigenvalue weighted by atomic mass is 9.81. The summed E-state index contributed by atoms with van der Waals surface area (Å²) in [6, 6.07) is 0. The van der Waals surface area contributed by atoms with E-state index >= 15 is 0 Å². The molecule has 72 valence electrons. The average Bonchev–Trinajstić information content (AvgIpc) is 2.88. The summed E-state index contributed by atoms with van der Waals surface area (Å²) in [5.41, 5.74) is 2.53. The smallest absolute Gasteiger partial charge is 0.156 e. The molecule has 3 heteroatoms. The van der Waals surface area contributed by atoms with Gasteiger partial charge in [0, 0.05) is 5.92 Å². The summed E-state index contributed by atoms with van der Waals surface area (Å²) < 4.78 is 0. The monoisotopic (exact) mass is 206 g/mol. The Morgan fingerprint density at radius 2 is 2.29 bits per heavy atom. The fraction of sp³-hybridized carbons (Fsp3) is 0.455. The van der Waals surface area contributed by atoms with Crippen molar-refractivity contribution in [3.05, 3.63) is 22.1 Å². The van der Waals surface area contributed by atoms with Crippen molar-refractivity contribution < 1.29 is 9.59 Å². The minimum atomic E-state index is -0.00995. The third-order valence-corrected chi connectivity index (χ3v) is 4.67. The van der Waals surface area contributed by atoms with Gasteiger partial charge in [0.05, 0.1) is 10.2 Å². The molecule has 0 saturated heterocycles. The fourth-order valence-electron chi connectivity index (χ4n) is 2.90. The van der Waals surface area contributed by atoms with Crippen molar-refractivity contribution in [2.75, 3.05) is 0 Å². The Morgan fingerprint density at radius 1 is 1.43 bits per heavy atom. The van der Waals surface area contributed by atoms with E-state index in [1.807, 2.05) is 0 Å². The molecule has 0 spiro atoms. The van der Waals surface area contributed by atoms with Crippen LogP contribution in [0.2, 0.25) is 0 Å². The normalized spacial score (nSPS) is 38.6. The molecule has 2 aliphatic carbocycles. The van der Waals surface area contributed by atoms with Crippen molar-refractivity contribution in [1.29, 1.82) is 0 Å². The second-order valence-electron chi connectivity index (χ2n) is 4.03. The molecular formula is C11H10O2S. The van der Waals surface area contributed by atoms with Gasteiger partial charge in [-0.1, -0.05) is 6.08 Å². The van der Waals surface area contributed by atoms with Crippen LogP contribution in [0.25, 0.3) is 0 Å². The van der Waals surface area contributed by atoms with Gasteiger partial charge in [0.15, 0.2) is 6.29 Å². The number of carbonyl (C=O) groups excluding carboxylic acids is 2. The molecule has 3 aliphatic rings. The number of aldehydes is 2. The van der Waals surface area contributed by atoms with Gasteiger partial charge in [-0.25, -0.2) is 0 Å². The number of hydrogen-bond acceptors (Lipinski definition) is 3. The highest BCUT2D eigenvalue weighted by atomic mass is 32.2. The number of rotatable bonds is 2. The Morgan fingerprint density at radius 3 is 3.00 bits per heavy atom. The van der Waals surface area contributed by atoms with Crippen LogP contribution in [-0.2, 0) is 9.59 Å². The van der Waals surface area contributed by atoms with Crippen molar-refractivity contribution in [2.24, 2.45) is 11.8 Å². The highest BCUT2D eigenvalue weighted by Gasteiger charge is 2.47. The van der Waals surface area contributed by atoms with Gasteiger partial charge in [-0.15, -0.1) is 11.8 Å². The maximum Gasteiger partial charge on any atom is 0.156 e. The van der Waals surface area contributed by atoms with E-state index in [1.165, 1.54) is 29.3 Å². The van der Waals surface area contributed by atoms with Crippen molar-refractivity contribution in [3.63, 3.8) is 0 Å². The van der Waals surface area contributed by atoms with E-state index in [0.717, 1.165) is 23.9 Å². The van der Waals surface area contributed by atoms with Gasteiger partial charge < -0.3 is 4.79 Å². The van der Waals surface area contributed by atoms with Crippen molar-refractivity contribution in [3.8, 4) is 0 Å². The second-order valence-corrected chi connectivity index (χ2v) is 5.25. The molecule has 3 unspecified atom stereocenters. The molecule has 0 saturated carbocycles. The molecule has 2 bridgehead atoms. The molecule has 0 aromatic heterocycles. The standard InChI is InChI=1S/C11H10O2S/c12-4-8-10-6-1-2-7(3-6)11(10)9(5-13)14-8/h3-6,8,10H,1-2H2. The van der Waals surface area contributed by atoms with Crippen LogP contribution in [0.4, 0.5) is 0 Å². The van der Waals surface area contributed by atoms with E-state index in [-0.39, 0.29) is 5.25 Å². The quantitative estimate of drug-likeness (QED) is 0.645. The van der Waals surface area contributed by atoms with Crippen LogP contribution >= 0.6 is 11.8 Å². The molecule has 14 heavy (non-hydrogen) atoms. The van der Waals surface area contributed by atoms with Crippen LogP contribution in [0.3, 0.4) is 0 Å². The first-order valence-electron chi connectivity index (χ1n) is 4.87. The Kier molecular flexibility index (Phi) is 1.71. The van der Waals surface area contributed by atoms with E-state index < -0.39 is 0 Å². The second kappa shape index (κ2) is 2.83. The molecule has 3 atom stereocenters. The lowest BCUT2D eigenvalue weighted by Crippen LogP contribution is -2.22. The Labute approximate surface area is 86.4 Å². The molecule has 0 aromatic rings. The molecular weight excluding hydrogens is 196 g/mol. The number of thioether (sulfide) groups is 1. The van der Waals surface area contributed by atoms with Crippen LogP contribution in [0.1, 0.15) is 12.8 Å². The molecule has 0 fully saturated rings. The number of allylic oxidation sites excluding steroid dienone is 4. The van der Waals surface area contributed by atoms with Gasteiger partial charge in [0.1, 0.15) is 6.29 Å². The van der Waals surface area contributed by atoms with Gasteiger partial charge in [-0.3, -0.25) is 4.79 Å². The molecule has 0 amide bonds. The first-order valence-corrected chi connectivity index (χ1v) is 5.75. The summed E-state index contributed by atoms with van der Waals surface area (Å²) in [6.07, 6.45) is 6.44. The van der Waals surface area contributed by atoms with Gasteiger partial charge in [0.25, 0.3) is 0 Å². The third-order valence-electron chi connectivity index (χ3n) is 3.43. The predicted octanol–water partition coefficient (Wildman–Crippen LogP) is 1.72. The highest BCUT2D eigenvalue weighted by molar-refractivity contribution is 8.05. The van der Waals surface area contributed by atoms with E-state index in [4.69, 9.17) is 0 Å². The minimum Gasteiger partial charge on any atom is -0.302 e. The summed E-state index contributed by atoms with van der Waals surface area (Å²) in [5, 5.41) is -0.00995. The van der Waals surface area contributed by atoms with Crippen molar-refractivity contribution in [1.82, 2.24) is 0 Å². The molecule has 0 N–H and O–H groups in total. The zero-order valence-corrected chi connectivity index (χ0v) is 8.42. The van der Waals surface area contributed by atoms with E-state index in [0.29, 0.717) is 11.8 Å². The first-order chi connectivity index (χ1) is 6.85. The zero-order valence-electron chi connectivity index (χ0n) is 7.60. The number of fused-ring (bicyclic) bond motifs is 4. The highest BCUT2D eigenvalue weighted by Crippen LogP contribution is 2.57. The predicted molar refractivity (Wildman–Crippen MR) is 54.8 cm³/mol. The largest absolute Gasteiger partial charge is 0.302 e. The Balaban J connectivity index is 2.08. The van der Waals surface area contributed by atoms with Crippen LogP contribution < -0.4 is 0 Å². The summed E-state index contributed by atoms with van der Waals surface area (Å²) in [6.45, 7) is 0. The van der Waals surface area contributed by atoms with Crippen LogP contribution in [0.5, 0.6) is 0 Å². The summed E-state index contributed by atoms with van der Waals surface area (Å²) in [5.74, 6) is 0.849. The van der Waals surface area contributed by atoms with Crippen LogP contribution in [0.15, 0.2) is 22.1 Å². The summed E-state index contributed by atoms with van der Waals surface area (Å²) >= 11 is 1.45. The van der Waals surface area contributed by atoms with Gasteiger partial charge in [-0.05, 0) is 29.9 Å². The topological polar surface area (TPSA) is 34.1 Å².